The summed E-state index contributed by atoms with van der Waals surface area (Å²) in [6, 6.07) is 15.2. The number of hydrogen-bond donors (Lipinski definition) is 2. The quantitative estimate of drug-likeness (QED) is 0.587. The highest BCUT2D eigenvalue weighted by atomic mass is 16.5. The van der Waals surface area contributed by atoms with Crippen molar-refractivity contribution in [2.24, 2.45) is 5.73 Å². The minimum absolute atomic E-state index is 0.0663. The molecule has 0 saturated carbocycles. The van der Waals surface area contributed by atoms with Gasteiger partial charge in [0.1, 0.15) is 5.75 Å². The van der Waals surface area contributed by atoms with Crippen molar-refractivity contribution < 1.29 is 14.3 Å². The Labute approximate surface area is 187 Å². The molecule has 1 fully saturated rings. The van der Waals surface area contributed by atoms with Gasteiger partial charge in [0.2, 0.25) is 5.95 Å². The molecule has 32 heavy (non-hydrogen) atoms. The van der Waals surface area contributed by atoms with Crippen molar-refractivity contribution in [2.75, 3.05) is 36.5 Å². The van der Waals surface area contributed by atoms with Gasteiger partial charge in [0.25, 0.3) is 5.91 Å². The SMILES string of the molecule is CC(C)Oc1ccc(-c2ccnc(Nc3ccc(N4CCOCC4)cc3)n2)cc1C(N)=O. The van der Waals surface area contributed by atoms with E-state index in [9.17, 15) is 4.79 Å². The average Bonchev–Trinajstić information content (AvgIpc) is 2.80. The molecule has 0 atom stereocenters. The number of ether oxygens (including phenoxy) is 2. The van der Waals surface area contributed by atoms with Crippen LogP contribution in [-0.4, -0.2) is 48.3 Å². The predicted molar refractivity (Wildman–Crippen MR) is 125 cm³/mol. The number of carbonyl (C=O) groups excluding carboxylic acids is 1. The van der Waals surface area contributed by atoms with Crippen molar-refractivity contribution in [1.29, 1.82) is 0 Å². The number of aromatic nitrogens is 2. The van der Waals surface area contributed by atoms with Crippen LogP contribution < -0.4 is 20.7 Å². The first kappa shape index (κ1) is 21.6. The molecule has 0 unspecified atom stereocenters. The topological polar surface area (TPSA) is 103 Å². The molecule has 1 amide bonds. The van der Waals surface area contributed by atoms with Gasteiger partial charge in [-0.15, -0.1) is 0 Å². The molecule has 1 saturated heterocycles. The van der Waals surface area contributed by atoms with Gasteiger partial charge in [0, 0.05) is 36.2 Å². The van der Waals surface area contributed by atoms with Gasteiger partial charge in [-0.25, -0.2) is 9.97 Å². The van der Waals surface area contributed by atoms with Crippen LogP contribution in [0.15, 0.2) is 54.7 Å². The fourth-order valence-corrected chi connectivity index (χ4v) is 3.52. The van der Waals surface area contributed by atoms with E-state index >= 15 is 0 Å². The van der Waals surface area contributed by atoms with E-state index in [2.05, 4.69) is 32.3 Å². The summed E-state index contributed by atoms with van der Waals surface area (Å²) in [6.45, 7) is 7.09. The number of primary amides is 1. The highest BCUT2D eigenvalue weighted by Crippen LogP contribution is 2.27. The molecule has 0 aliphatic carbocycles. The number of nitrogens with two attached hydrogens (primary N) is 1. The van der Waals surface area contributed by atoms with Crippen molar-refractivity contribution in [3.8, 4) is 17.0 Å². The number of morpholine rings is 1. The summed E-state index contributed by atoms with van der Waals surface area (Å²) in [5.74, 6) is 0.379. The molecule has 1 aromatic heterocycles. The van der Waals surface area contributed by atoms with Crippen LogP contribution in [0.25, 0.3) is 11.3 Å². The van der Waals surface area contributed by atoms with E-state index in [0.717, 1.165) is 43.2 Å². The van der Waals surface area contributed by atoms with Crippen LogP contribution in [0.2, 0.25) is 0 Å². The third kappa shape index (κ3) is 5.15. The monoisotopic (exact) mass is 433 g/mol. The van der Waals surface area contributed by atoms with Crippen LogP contribution in [0.1, 0.15) is 24.2 Å². The van der Waals surface area contributed by atoms with Gasteiger partial charge >= 0.3 is 0 Å². The van der Waals surface area contributed by atoms with Crippen molar-refractivity contribution in [3.63, 3.8) is 0 Å². The number of carbonyl (C=O) groups is 1. The van der Waals surface area contributed by atoms with Crippen LogP contribution in [0.5, 0.6) is 5.75 Å². The fraction of sp³-hybridized carbons (Fsp3) is 0.292. The summed E-state index contributed by atoms with van der Waals surface area (Å²) >= 11 is 0. The lowest BCUT2D eigenvalue weighted by molar-refractivity contribution is 0.0994. The molecule has 166 valence electrons. The van der Waals surface area contributed by atoms with Crippen LogP contribution in [0.4, 0.5) is 17.3 Å². The Bertz CT molecular complexity index is 1080. The molecule has 0 radical (unpaired) electrons. The van der Waals surface area contributed by atoms with E-state index in [4.69, 9.17) is 15.2 Å². The Morgan fingerprint density at radius 3 is 2.56 bits per heavy atom. The zero-order valence-corrected chi connectivity index (χ0v) is 18.2. The number of rotatable bonds is 7. The molecular weight excluding hydrogens is 406 g/mol. The Morgan fingerprint density at radius 2 is 1.88 bits per heavy atom. The molecule has 1 aliphatic heterocycles. The first-order chi connectivity index (χ1) is 15.5. The molecule has 0 spiro atoms. The van der Waals surface area contributed by atoms with Crippen LogP contribution in [-0.2, 0) is 4.74 Å². The van der Waals surface area contributed by atoms with Gasteiger partial charge in [-0.3, -0.25) is 4.79 Å². The summed E-state index contributed by atoms with van der Waals surface area (Å²) < 4.78 is 11.1. The normalized spacial score (nSPS) is 13.8. The van der Waals surface area contributed by atoms with Crippen molar-refractivity contribution in [1.82, 2.24) is 9.97 Å². The molecule has 0 bridgehead atoms. The lowest BCUT2D eigenvalue weighted by Crippen LogP contribution is -2.36. The van der Waals surface area contributed by atoms with E-state index in [0.29, 0.717) is 23.0 Å². The standard InChI is InChI=1S/C24H27N5O3/c1-16(2)32-22-8-3-17(15-20(22)23(25)30)21-9-10-26-24(28-21)27-18-4-6-19(7-5-18)29-11-13-31-14-12-29/h3-10,15-16H,11-14H2,1-2H3,(H2,25,30)(H,26,27,28). The van der Waals surface area contributed by atoms with Gasteiger partial charge in [-0.2, -0.15) is 0 Å². The van der Waals surface area contributed by atoms with Crippen LogP contribution in [0.3, 0.4) is 0 Å². The molecular formula is C24H27N5O3. The predicted octanol–water partition coefficient (Wildman–Crippen LogP) is 3.61. The molecule has 2 aromatic carbocycles. The van der Waals surface area contributed by atoms with Crippen molar-refractivity contribution in [2.45, 2.75) is 20.0 Å². The highest BCUT2D eigenvalue weighted by molar-refractivity contribution is 5.97. The Hall–Kier alpha value is -3.65. The second-order valence-corrected chi connectivity index (χ2v) is 7.78. The molecule has 8 nitrogen and oxygen atoms in total. The van der Waals surface area contributed by atoms with Crippen molar-refractivity contribution in [3.05, 3.63) is 60.3 Å². The molecule has 3 N–H and O–H groups in total. The van der Waals surface area contributed by atoms with Gasteiger partial charge in [-0.05, 0) is 62.4 Å². The number of nitrogens with zero attached hydrogens (tertiary/aromatic N) is 3. The highest BCUT2D eigenvalue weighted by Gasteiger charge is 2.14. The minimum Gasteiger partial charge on any atom is -0.490 e. The van der Waals surface area contributed by atoms with E-state index in [1.165, 1.54) is 0 Å². The average molecular weight is 434 g/mol. The summed E-state index contributed by atoms with van der Waals surface area (Å²) in [5.41, 5.74) is 9.36. The van der Waals surface area contributed by atoms with Gasteiger partial charge in [0.05, 0.1) is 30.6 Å². The number of nitrogens with one attached hydrogen (secondary N) is 1. The number of amides is 1. The van der Waals surface area contributed by atoms with Crippen LogP contribution in [0, 0.1) is 0 Å². The molecule has 2 heterocycles. The second-order valence-electron chi connectivity index (χ2n) is 7.78. The molecule has 1 aliphatic rings. The summed E-state index contributed by atoms with van der Waals surface area (Å²) in [4.78, 5) is 23.1. The zero-order valence-electron chi connectivity index (χ0n) is 18.2. The maximum absolute atomic E-state index is 11.9. The fourth-order valence-electron chi connectivity index (χ4n) is 3.52. The molecule has 4 rings (SSSR count). The van der Waals surface area contributed by atoms with E-state index in [-0.39, 0.29) is 6.10 Å². The summed E-state index contributed by atoms with van der Waals surface area (Å²) in [6.07, 6.45) is 1.61. The maximum atomic E-state index is 11.9. The summed E-state index contributed by atoms with van der Waals surface area (Å²) in [7, 11) is 0. The first-order valence-corrected chi connectivity index (χ1v) is 10.6. The van der Waals surface area contributed by atoms with Crippen LogP contribution >= 0.6 is 0 Å². The lowest BCUT2D eigenvalue weighted by Gasteiger charge is -2.28. The largest absolute Gasteiger partial charge is 0.490 e. The minimum atomic E-state index is -0.546. The molecule has 8 heteroatoms. The Morgan fingerprint density at radius 1 is 1.12 bits per heavy atom. The Balaban J connectivity index is 1.52. The summed E-state index contributed by atoms with van der Waals surface area (Å²) in [5, 5.41) is 3.24. The number of anilines is 3. The number of benzene rings is 2. The lowest BCUT2D eigenvalue weighted by atomic mass is 10.1. The van der Waals surface area contributed by atoms with E-state index in [1.54, 1.807) is 24.4 Å². The zero-order chi connectivity index (χ0) is 22.5. The Kier molecular flexibility index (Phi) is 6.51. The first-order valence-electron chi connectivity index (χ1n) is 10.6. The third-order valence-corrected chi connectivity index (χ3v) is 5.06. The van der Waals surface area contributed by atoms with Gasteiger partial charge < -0.3 is 25.4 Å². The van der Waals surface area contributed by atoms with Gasteiger partial charge in [-0.1, -0.05) is 0 Å². The van der Waals surface area contributed by atoms with Gasteiger partial charge in [0.15, 0.2) is 0 Å². The van der Waals surface area contributed by atoms with Crippen molar-refractivity contribution >= 4 is 23.2 Å². The van der Waals surface area contributed by atoms with E-state index in [1.807, 2.05) is 32.0 Å². The second kappa shape index (κ2) is 9.65. The van der Waals surface area contributed by atoms with E-state index < -0.39 is 5.91 Å². The molecule has 3 aromatic rings. The number of hydrogen-bond acceptors (Lipinski definition) is 7. The third-order valence-electron chi connectivity index (χ3n) is 5.06. The smallest absolute Gasteiger partial charge is 0.252 e. The maximum Gasteiger partial charge on any atom is 0.252 e.